The zero-order valence-corrected chi connectivity index (χ0v) is 26.0. The van der Waals surface area contributed by atoms with Gasteiger partial charge in [-0.25, -0.2) is 0 Å². The second kappa shape index (κ2) is 13.0. The molecular weight excluding hydrogens is 587 g/mol. The van der Waals surface area contributed by atoms with Gasteiger partial charge >= 0.3 is 0 Å². The second-order valence-corrected chi connectivity index (χ2v) is 11.6. The Morgan fingerprint density at radius 2 is 0.458 bits per heavy atom. The molecule has 5 heteroatoms. The standard InChI is InChI=1S/C43H29N5/c1-5-31(26-45-11-1)36-19-37(32-6-2-12-46-27-32)22-42(21-36)40-17-35(30-9-15-44-16-10-30)18-41(25-40)43-23-38(33-7-3-13-47-28-33)20-39(24-43)34-8-4-14-48-29-34/h1-29H. The fourth-order valence-electron chi connectivity index (χ4n) is 6.06. The Bertz CT molecular complexity index is 2050. The van der Waals surface area contributed by atoms with Crippen molar-refractivity contribution in [1.29, 1.82) is 0 Å². The van der Waals surface area contributed by atoms with Crippen molar-refractivity contribution in [3.8, 4) is 77.9 Å². The van der Waals surface area contributed by atoms with Gasteiger partial charge in [0, 0.05) is 84.2 Å². The summed E-state index contributed by atoms with van der Waals surface area (Å²) in [7, 11) is 0. The van der Waals surface area contributed by atoms with Crippen LogP contribution < -0.4 is 0 Å². The fraction of sp³-hybridized carbons (Fsp3) is 0. The van der Waals surface area contributed by atoms with E-state index in [-0.39, 0.29) is 0 Å². The molecule has 5 aromatic heterocycles. The summed E-state index contributed by atoms with van der Waals surface area (Å²) in [4.78, 5) is 21.9. The van der Waals surface area contributed by atoms with Crippen LogP contribution in [0, 0.1) is 0 Å². The molecule has 0 spiro atoms. The van der Waals surface area contributed by atoms with E-state index in [9.17, 15) is 0 Å². The van der Waals surface area contributed by atoms with Crippen molar-refractivity contribution in [3.05, 3.63) is 177 Å². The minimum atomic E-state index is 1.06. The van der Waals surface area contributed by atoms with E-state index in [1.54, 1.807) is 24.8 Å². The Morgan fingerprint density at radius 3 is 0.708 bits per heavy atom. The van der Waals surface area contributed by atoms with Gasteiger partial charge in [-0.1, -0.05) is 24.3 Å². The van der Waals surface area contributed by atoms with Gasteiger partial charge in [0.1, 0.15) is 0 Å². The number of hydrogen-bond acceptors (Lipinski definition) is 5. The van der Waals surface area contributed by atoms with Crippen LogP contribution in [0.5, 0.6) is 0 Å². The van der Waals surface area contributed by atoms with Crippen molar-refractivity contribution < 1.29 is 0 Å². The molecule has 0 saturated carbocycles. The Morgan fingerprint density at radius 1 is 0.208 bits per heavy atom. The summed E-state index contributed by atoms with van der Waals surface area (Å²) in [5.74, 6) is 0. The van der Waals surface area contributed by atoms with Gasteiger partial charge < -0.3 is 0 Å². The zero-order valence-electron chi connectivity index (χ0n) is 26.0. The lowest BCUT2D eigenvalue weighted by Crippen LogP contribution is -1.91. The average molecular weight is 616 g/mol. The van der Waals surface area contributed by atoms with Crippen LogP contribution in [0.3, 0.4) is 0 Å². The topological polar surface area (TPSA) is 64.5 Å². The molecule has 0 N–H and O–H groups in total. The van der Waals surface area contributed by atoms with Crippen molar-refractivity contribution in [2.45, 2.75) is 0 Å². The molecule has 0 aliphatic heterocycles. The molecule has 3 aromatic carbocycles. The molecule has 0 atom stereocenters. The van der Waals surface area contributed by atoms with E-state index in [2.05, 4.69) is 116 Å². The Balaban J connectivity index is 1.36. The molecule has 0 amide bonds. The predicted octanol–water partition coefficient (Wildman–Crippen LogP) is 10.3. The molecule has 0 aliphatic carbocycles. The van der Waals surface area contributed by atoms with Crippen LogP contribution in [0.1, 0.15) is 0 Å². The maximum absolute atomic E-state index is 4.41. The number of nitrogens with zero attached hydrogens (tertiary/aromatic N) is 5. The normalized spacial score (nSPS) is 10.9. The van der Waals surface area contributed by atoms with Crippen LogP contribution in [-0.2, 0) is 0 Å². The van der Waals surface area contributed by atoms with Crippen molar-refractivity contribution in [2.24, 2.45) is 0 Å². The summed E-state index contributed by atoms with van der Waals surface area (Å²) in [6.07, 6.45) is 18.5. The van der Waals surface area contributed by atoms with Crippen molar-refractivity contribution >= 4 is 0 Å². The van der Waals surface area contributed by atoms with Crippen LogP contribution >= 0.6 is 0 Å². The summed E-state index contributed by atoms with van der Waals surface area (Å²) in [5, 5.41) is 0. The summed E-state index contributed by atoms with van der Waals surface area (Å²) in [6, 6.07) is 40.7. The molecular formula is C43H29N5. The third-order valence-electron chi connectivity index (χ3n) is 8.46. The lowest BCUT2D eigenvalue weighted by Gasteiger charge is -2.16. The van der Waals surface area contributed by atoms with E-state index in [0.717, 1.165) is 77.9 Å². The van der Waals surface area contributed by atoms with Gasteiger partial charge in [0.25, 0.3) is 0 Å². The quantitative estimate of drug-likeness (QED) is 0.178. The molecule has 0 aliphatic rings. The number of hydrogen-bond donors (Lipinski definition) is 0. The Hall–Kier alpha value is -6.59. The first-order valence-corrected chi connectivity index (χ1v) is 15.7. The Labute approximate surface area is 279 Å². The van der Waals surface area contributed by atoms with E-state index in [0.29, 0.717) is 0 Å². The van der Waals surface area contributed by atoms with Gasteiger partial charge in [0.2, 0.25) is 0 Å². The van der Waals surface area contributed by atoms with Crippen LogP contribution in [-0.4, -0.2) is 24.9 Å². The molecule has 5 heterocycles. The van der Waals surface area contributed by atoms with Crippen molar-refractivity contribution in [1.82, 2.24) is 24.9 Å². The molecule has 0 fully saturated rings. The fourth-order valence-corrected chi connectivity index (χ4v) is 6.06. The van der Waals surface area contributed by atoms with Crippen LogP contribution in [0.15, 0.2) is 177 Å². The number of benzene rings is 3. The summed E-state index contributed by atoms with van der Waals surface area (Å²) < 4.78 is 0. The SMILES string of the molecule is c1cncc(-c2cc(-c3cccnc3)cc(-c3cc(-c4ccncc4)cc(-c4cc(-c5cccnc5)cc(-c5cccnc5)c4)c3)c2)c1. The molecule has 0 radical (unpaired) electrons. The third kappa shape index (κ3) is 6.13. The van der Waals surface area contributed by atoms with Gasteiger partial charge in [0.15, 0.2) is 0 Å². The number of rotatable bonds is 7. The smallest absolute Gasteiger partial charge is 0.0346 e. The third-order valence-corrected chi connectivity index (χ3v) is 8.46. The minimum absolute atomic E-state index is 1.06. The van der Waals surface area contributed by atoms with E-state index in [1.807, 2.05) is 61.4 Å². The van der Waals surface area contributed by atoms with E-state index >= 15 is 0 Å². The highest BCUT2D eigenvalue weighted by Gasteiger charge is 2.14. The van der Waals surface area contributed by atoms with Gasteiger partial charge in [-0.05, 0) is 147 Å². The van der Waals surface area contributed by atoms with Gasteiger partial charge in [-0.3, -0.25) is 24.9 Å². The first-order chi connectivity index (χ1) is 23.8. The average Bonchev–Trinajstić information content (AvgIpc) is 3.19. The zero-order chi connectivity index (χ0) is 32.1. The van der Waals surface area contributed by atoms with Gasteiger partial charge in [0.05, 0.1) is 0 Å². The Kier molecular flexibility index (Phi) is 7.83. The molecule has 0 bridgehead atoms. The van der Waals surface area contributed by atoms with Crippen LogP contribution in [0.25, 0.3) is 77.9 Å². The largest absolute Gasteiger partial charge is 0.265 e. The highest BCUT2D eigenvalue weighted by Crippen LogP contribution is 2.39. The summed E-state index contributed by atoms with van der Waals surface area (Å²) in [5.41, 5.74) is 15.2. The minimum Gasteiger partial charge on any atom is -0.265 e. The van der Waals surface area contributed by atoms with E-state index < -0.39 is 0 Å². The maximum Gasteiger partial charge on any atom is 0.0346 e. The summed E-state index contributed by atoms with van der Waals surface area (Å²) >= 11 is 0. The van der Waals surface area contributed by atoms with E-state index in [4.69, 9.17) is 0 Å². The van der Waals surface area contributed by atoms with Crippen LogP contribution in [0.2, 0.25) is 0 Å². The van der Waals surface area contributed by atoms with Gasteiger partial charge in [-0.15, -0.1) is 0 Å². The first-order valence-electron chi connectivity index (χ1n) is 15.7. The number of aromatic nitrogens is 5. The molecule has 8 rings (SSSR count). The van der Waals surface area contributed by atoms with E-state index in [1.165, 1.54) is 0 Å². The molecule has 226 valence electrons. The highest BCUT2D eigenvalue weighted by molar-refractivity contribution is 5.88. The molecule has 0 saturated heterocycles. The lowest BCUT2D eigenvalue weighted by molar-refractivity contribution is 1.32. The second-order valence-electron chi connectivity index (χ2n) is 11.6. The monoisotopic (exact) mass is 615 g/mol. The maximum atomic E-state index is 4.41. The highest BCUT2D eigenvalue weighted by atomic mass is 14.6. The first kappa shape index (κ1) is 28.9. The van der Waals surface area contributed by atoms with Crippen molar-refractivity contribution in [2.75, 3.05) is 0 Å². The molecule has 5 nitrogen and oxygen atoms in total. The molecule has 8 aromatic rings. The van der Waals surface area contributed by atoms with Crippen LogP contribution in [0.4, 0.5) is 0 Å². The molecule has 0 unspecified atom stereocenters. The van der Waals surface area contributed by atoms with Crippen molar-refractivity contribution in [3.63, 3.8) is 0 Å². The summed E-state index contributed by atoms with van der Waals surface area (Å²) in [6.45, 7) is 0. The lowest BCUT2D eigenvalue weighted by atomic mass is 9.89. The predicted molar refractivity (Wildman–Crippen MR) is 193 cm³/mol. The van der Waals surface area contributed by atoms with Gasteiger partial charge in [-0.2, -0.15) is 0 Å². The number of pyridine rings is 5. The molecule has 48 heavy (non-hydrogen) atoms.